The van der Waals surface area contributed by atoms with Gasteiger partial charge in [0.15, 0.2) is 0 Å². The number of aromatic nitrogens is 2. The number of nitrogens with one attached hydrogen (secondary N) is 1. The molecule has 0 unspecified atom stereocenters. The lowest BCUT2D eigenvalue weighted by Gasteiger charge is -2.38. The number of hydrogen-bond donors (Lipinski definition) is 1. The number of unbranched alkanes of at least 4 members (excludes halogenated alkanes) is 1. The van der Waals surface area contributed by atoms with E-state index >= 15 is 0 Å². The van der Waals surface area contributed by atoms with E-state index < -0.39 is 10.8 Å². The van der Waals surface area contributed by atoms with Gasteiger partial charge in [0.2, 0.25) is 5.91 Å². The molecule has 0 aromatic carbocycles. The Hall–Kier alpha value is -2.28. The molecule has 2 heterocycles. The van der Waals surface area contributed by atoms with E-state index in [0.29, 0.717) is 19.4 Å². The number of carbonyl (C=O) groups excluding carboxylic acids is 2. The molecule has 2 amide bonds. The summed E-state index contributed by atoms with van der Waals surface area (Å²) in [7, 11) is 0. The van der Waals surface area contributed by atoms with Crippen LogP contribution >= 0.6 is 11.5 Å². The van der Waals surface area contributed by atoms with Crippen molar-refractivity contribution in [2.24, 2.45) is 21.7 Å². The summed E-state index contributed by atoms with van der Waals surface area (Å²) in [6.07, 6.45) is 8.29. The number of pyridine rings is 1. The molecule has 6 nitrogen and oxygen atoms in total. The van der Waals surface area contributed by atoms with Crippen LogP contribution in [0.2, 0.25) is 0 Å². The van der Waals surface area contributed by atoms with E-state index in [0.717, 1.165) is 35.2 Å². The molecule has 186 valence electrons. The van der Waals surface area contributed by atoms with Crippen molar-refractivity contribution >= 4 is 23.3 Å². The van der Waals surface area contributed by atoms with E-state index in [1.807, 2.05) is 39.0 Å². The molecule has 2 atom stereocenters. The van der Waals surface area contributed by atoms with Gasteiger partial charge in [0.1, 0.15) is 4.67 Å². The zero-order valence-electron chi connectivity index (χ0n) is 21.8. The Labute approximate surface area is 208 Å². The van der Waals surface area contributed by atoms with E-state index in [1.165, 1.54) is 0 Å². The summed E-state index contributed by atoms with van der Waals surface area (Å²) in [6.45, 7) is 15.1. The molecule has 1 saturated carbocycles. The van der Waals surface area contributed by atoms with Crippen LogP contribution in [0.3, 0.4) is 0 Å². The molecule has 1 N–H and O–H groups in total. The highest BCUT2D eigenvalue weighted by Gasteiger charge is 2.58. The molecule has 2 aromatic rings. The van der Waals surface area contributed by atoms with Crippen LogP contribution in [0.5, 0.6) is 0 Å². The minimum atomic E-state index is -0.696. The molecule has 7 heteroatoms. The maximum absolute atomic E-state index is 13.7. The maximum Gasteiger partial charge on any atom is 0.253 e. The van der Waals surface area contributed by atoms with Crippen LogP contribution in [-0.2, 0) is 28.1 Å². The Bertz CT molecular complexity index is 1080. The van der Waals surface area contributed by atoms with Gasteiger partial charge in [-0.25, -0.2) is 4.99 Å². The smallest absolute Gasteiger partial charge is 0.253 e. The average molecular weight is 485 g/mol. The number of hydrogen-bond acceptors (Lipinski definition) is 4. The number of nitrogens with zero attached hydrogens (tertiary/aromatic N) is 3. The predicted octanol–water partition coefficient (Wildman–Crippen LogP) is 5.23. The number of carbonyl (C=O) groups is 2. The first-order valence-electron chi connectivity index (χ1n) is 12.4. The Kier molecular flexibility index (Phi) is 7.85. The van der Waals surface area contributed by atoms with Gasteiger partial charge < -0.3 is 5.32 Å². The van der Waals surface area contributed by atoms with Gasteiger partial charge in [-0.05, 0) is 75.5 Å². The minimum absolute atomic E-state index is 0.0162. The van der Waals surface area contributed by atoms with E-state index in [4.69, 9.17) is 4.99 Å². The number of amides is 2. The van der Waals surface area contributed by atoms with E-state index in [1.54, 1.807) is 17.7 Å². The maximum atomic E-state index is 13.7. The van der Waals surface area contributed by atoms with Gasteiger partial charge in [0.25, 0.3) is 5.91 Å². The quantitative estimate of drug-likeness (QED) is 0.585. The van der Waals surface area contributed by atoms with E-state index in [-0.39, 0.29) is 23.3 Å². The molecule has 1 aliphatic rings. The van der Waals surface area contributed by atoms with Crippen LogP contribution < -0.4 is 9.99 Å². The SMILES string of the molecule is CCCCc1cn(C(C)(C)C)sc1=NC(=O)[C@]1(C)CC[C@H](C(=O)NCc2ccccn2)C1(C)C. The predicted molar refractivity (Wildman–Crippen MR) is 137 cm³/mol. The second-order valence-corrected chi connectivity index (χ2v) is 12.2. The fraction of sp³-hybridized carbons (Fsp3) is 0.630. The summed E-state index contributed by atoms with van der Waals surface area (Å²) in [5, 5.41) is 3.03. The Morgan fingerprint density at radius 3 is 2.62 bits per heavy atom. The lowest BCUT2D eigenvalue weighted by atomic mass is 9.65. The van der Waals surface area contributed by atoms with Crippen molar-refractivity contribution in [3.8, 4) is 0 Å². The molecule has 1 fully saturated rings. The highest BCUT2D eigenvalue weighted by atomic mass is 32.1. The zero-order valence-corrected chi connectivity index (χ0v) is 22.6. The number of rotatable bonds is 7. The summed E-state index contributed by atoms with van der Waals surface area (Å²) in [6, 6.07) is 5.66. The lowest BCUT2D eigenvalue weighted by Crippen LogP contribution is -2.45. The molecule has 2 aromatic heterocycles. The molecule has 0 aliphatic heterocycles. The normalized spacial score (nSPS) is 22.7. The highest BCUT2D eigenvalue weighted by molar-refractivity contribution is 7.04. The first-order valence-corrected chi connectivity index (χ1v) is 13.2. The summed E-state index contributed by atoms with van der Waals surface area (Å²) >= 11 is 1.56. The third kappa shape index (κ3) is 5.35. The summed E-state index contributed by atoms with van der Waals surface area (Å²) < 4.78 is 3.01. The average Bonchev–Trinajstić information content (AvgIpc) is 3.29. The highest BCUT2D eigenvalue weighted by Crippen LogP contribution is 2.56. The first-order chi connectivity index (χ1) is 15.9. The Morgan fingerprint density at radius 2 is 2.00 bits per heavy atom. The van der Waals surface area contributed by atoms with Crippen LogP contribution in [0.4, 0.5) is 0 Å². The summed E-state index contributed by atoms with van der Waals surface area (Å²) in [5.74, 6) is -0.376. The van der Waals surface area contributed by atoms with Crippen molar-refractivity contribution in [3.05, 3.63) is 46.5 Å². The van der Waals surface area contributed by atoms with Crippen LogP contribution in [0.15, 0.2) is 35.6 Å². The lowest BCUT2D eigenvalue weighted by molar-refractivity contribution is -0.136. The molecule has 3 rings (SSSR count). The fourth-order valence-electron chi connectivity index (χ4n) is 4.70. The molecular formula is C27H40N4O2S. The molecule has 0 saturated heterocycles. The molecule has 1 aliphatic carbocycles. The standard InChI is InChI=1S/C27H40N4O2S/c1-8-9-12-19-18-31(25(2,3)4)34-23(19)30-24(33)27(7)15-14-21(26(27,5)6)22(32)29-17-20-13-10-11-16-28-20/h10-11,13,16,18,21H,8-9,12,14-15,17H2,1-7H3,(H,29,32)/t21-,27+/m1/s1. The van der Waals surface area contributed by atoms with Gasteiger partial charge in [0.05, 0.1) is 17.7 Å². The monoisotopic (exact) mass is 484 g/mol. The number of aryl methyl sites for hydroxylation is 1. The van der Waals surface area contributed by atoms with E-state index in [2.05, 4.69) is 48.1 Å². The first kappa shape index (κ1) is 26.3. The molecular weight excluding hydrogens is 444 g/mol. The molecule has 0 radical (unpaired) electrons. The van der Waals surface area contributed by atoms with Crippen LogP contribution in [0, 0.1) is 16.7 Å². The van der Waals surface area contributed by atoms with Crippen LogP contribution in [-0.4, -0.2) is 20.8 Å². The van der Waals surface area contributed by atoms with Crippen molar-refractivity contribution in [2.75, 3.05) is 0 Å². The topological polar surface area (TPSA) is 76.3 Å². The van der Waals surface area contributed by atoms with Crippen molar-refractivity contribution in [2.45, 2.75) is 92.7 Å². The van der Waals surface area contributed by atoms with Gasteiger partial charge in [-0.2, -0.15) is 0 Å². The van der Waals surface area contributed by atoms with Crippen LogP contribution in [0.1, 0.15) is 85.4 Å². The van der Waals surface area contributed by atoms with Gasteiger partial charge in [-0.3, -0.25) is 18.5 Å². The second kappa shape index (κ2) is 10.1. The third-order valence-corrected chi connectivity index (χ3v) is 8.96. The van der Waals surface area contributed by atoms with Crippen molar-refractivity contribution in [3.63, 3.8) is 0 Å². The van der Waals surface area contributed by atoms with Crippen molar-refractivity contribution in [1.82, 2.24) is 14.3 Å². The van der Waals surface area contributed by atoms with Crippen LogP contribution in [0.25, 0.3) is 0 Å². The molecule has 0 bridgehead atoms. The molecule has 34 heavy (non-hydrogen) atoms. The van der Waals surface area contributed by atoms with Gasteiger partial charge in [0, 0.05) is 29.4 Å². The Morgan fingerprint density at radius 1 is 1.26 bits per heavy atom. The summed E-state index contributed by atoms with van der Waals surface area (Å²) in [4.78, 5) is 35.8. The van der Waals surface area contributed by atoms with E-state index in [9.17, 15) is 9.59 Å². The Balaban J connectivity index is 1.84. The summed E-state index contributed by atoms with van der Waals surface area (Å²) in [5.41, 5.74) is 0.695. The van der Waals surface area contributed by atoms with Crippen molar-refractivity contribution in [1.29, 1.82) is 0 Å². The third-order valence-electron chi connectivity index (χ3n) is 7.58. The largest absolute Gasteiger partial charge is 0.350 e. The van der Waals surface area contributed by atoms with Gasteiger partial charge in [-0.15, -0.1) is 0 Å². The van der Waals surface area contributed by atoms with Gasteiger partial charge >= 0.3 is 0 Å². The molecule has 0 spiro atoms. The van der Waals surface area contributed by atoms with Crippen molar-refractivity contribution < 1.29 is 9.59 Å². The zero-order chi connectivity index (χ0) is 25.1. The minimum Gasteiger partial charge on any atom is -0.350 e. The van der Waals surface area contributed by atoms with Gasteiger partial charge in [-0.1, -0.05) is 40.2 Å². The fourth-order valence-corrected chi connectivity index (χ4v) is 5.73. The second-order valence-electron chi connectivity index (χ2n) is 11.3.